The van der Waals surface area contributed by atoms with Crippen LogP contribution in [0.4, 0.5) is 19.0 Å². The Morgan fingerprint density at radius 3 is 2.29 bits per heavy atom. The summed E-state index contributed by atoms with van der Waals surface area (Å²) in [6.45, 7) is 5.68. The van der Waals surface area contributed by atoms with Crippen molar-refractivity contribution >= 4 is 11.5 Å². The lowest BCUT2D eigenvalue weighted by molar-refractivity contribution is -0.137. The Morgan fingerprint density at radius 2 is 1.79 bits per heavy atom. The lowest BCUT2D eigenvalue weighted by Crippen LogP contribution is -2.07. The Morgan fingerprint density at radius 1 is 1.12 bits per heavy atom. The van der Waals surface area contributed by atoms with Gasteiger partial charge in [0.2, 0.25) is 0 Å². The number of ether oxygens (including phenoxy) is 1. The normalized spacial score (nSPS) is 12.4. The van der Waals surface area contributed by atoms with E-state index in [0.717, 1.165) is 23.6 Å². The third-order valence-corrected chi connectivity index (χ3v) is 3.07. The summed E-state index contributed by atoms with van der Waals surface area (Å²) >= 11 is 0. The highest BCUT2D eigenvalue weighted by Crippen LogP contribution is 2.28. The van der Waals surface area contributed by atoms with Crippen molar-refractivity contribution in [3.8, 4) is 5.75 Å². The highest BCUT2D eigenvalue weighted by Gasteiger charge is 2.30. The van der Waals surface area contributed by atoms with Crippen LogP contribution in [0.15, 0.2) is 47.7 Å². The van der Waals surface area contributed by atoms with Gasteiger partial charge < -0.3 is 4.74 Å². The second-order valence-corrected chi connectivity index (χ2v) is 5.43. The summed E-state index contributed by atoms with van der Waals surface area (Å²) < 4.78 is 43.0. The first-order valence-electron chi connectivity index (χ1n) is 7.36. The van der Waals surface area contributed by atoms with Gasteiger partial charge in [-0.3, -0.25) is 5.43 Å². The number of aromatic nitrogens is 1. The molecule has 0 atom stereocenters. The van der Waals surface area contributed by atoms with Gasteiger partial charge >= 0.3 is 6.18 Å². The van der Waals surface area contributed by atoms with Crippen molar-refractivity contribution in [2.45, 2.75) is 33.1 Å². The smallest absolute Gasteiger partial charge is 0.417 e. The molecule has 0 aliphatic heterocycles. The fourth-order valence-corrected chi connectivity index (χ4v) is 1.88. The minimum Gasteiger partial charge on any atom is -0.491 e. The number of hydrogen-bond acceptors (Lipinski definition) is 4. The number of halogens is 3. The quantitative estimate of drug-likeness (QED) is 0.634. The van der Waals surface area contributed by atoms with Crippen molar-refractivity contribution in [1.29, 1.82) is 0 Å². The van der Waals surface area contributed by atoms with Crippen LogP contribution in [-0.4, -0.2) is 16.8 Å². The summed E-state index contributed by atoms with van der Waals surface area (Å²) in [5.41, 5.74) is 3.39. The average Bonchev–Trinajstić information content (AvgIpc) is 2.52. The molecule has 0 saturated carbocycles. The predicted octanol–water partition coefficient (Wildman–Crippen LogP) is 4.72. The first-order valence-corrected chi connectivity index (χ1v) is 7.36. The molecule has 24 heavy (non-hydrogen) atoms. The van der Waals surface area contributed by atoms with Crippen molar-refractivity contribution in [2.24, 2.45) is 5.10 Å². The third-order valence-electron chi connectivity index (χ3n) is 3.07. The highest BCUT2D eigenvalue weighted by molar-refractivity contribution is 5.99. The monoisotopic (exact) mass is 337 g/mol. The number of benzene rings is 1. The molecular formula is C17H18F3N3O. The lowest BCUT2D eigenvalue weighted by Gasteiger charge is -2.10. The second-order valence-electron chi connectivity index (χ2n) is 5.43. The number of hydrogen-bond donors (Lipinski definition) is 1. The van der Waals surface area contributed by atoms with Crippen molar-refractivity contribution in [2.75, 3.05) is 5.43 Å². The maximum Gasteiger partial charge on any atom is 0.417 e. The molecule has 1 heterocycles. The highest BCUT2D eigenvalue weighted by atomic mass is 19.4. The zero-order valence-corrected chi connectivity index (χ0v) is 13.6. The van der Waals surface area contributed by atoms with Gasteiger partial charge in [0.15, 0.2) is 0 Å². The number of rotatable bonds is 5. The first-order chi connectivity index (χ1) is 11.3. The summed E-state index contributed by atoms with van der Waals surface area (Å²) in [4.78, 5) is 3.70. The van der Waals surface area contributed by atoms with Gasteiger partial charge in [-0.2, -0.15) is 18.3 Å². The molecule has 0 unspecified atom stereocenters. The van der Waals surface area contributed by atoms with Crippen molar-refractivity contribution in [3.63, 3.8) is 0 Å². The van der Waals surface area contributed by atoms with E-state index in [4.69, 9.17) is 4.74 Å². The fourth-order valence-electron chi connectivity index (χ4n) is 1.88. The predicted molar refractivity (Wildman–Crippen MR) is 87.3 cm³/mol. The summed E-state index contributed by atoms with van der Waals surface area (Å²) in [7, 11) is 0. The number of alkyl halides is 3. The van der Waals surface area contributed by atoms with Crippen LogP contribution in [0.1, 0.15) is 31.9 Å². The molecule has 0 aliphatic rings. The lowest BCUT2D eigenvalue weighted by atomic mass is 10.1. The molecular weight excluding hydrogens is 319 g/mol. The Labute approximate surface area is 138 Å². The van der Waals surface area contributed by atoms with Gasteiger partial charge in [0.25, 0.3) is 0 Å². The van der Waals surface area contributed by atoms with Crippen LogP contribution in [0.25, 0.3) is 0 Å². The van der Waals surface area contributed by atoms with Crippen LogP contribution in [0, 0.1) is 0 Å². The summed E-state index contributed by atoms with van der Waals surface area (Å²) in [6.07, 6.45) is -3.53. The maximum atomic E-state index is 12.5. The third kappa shape index (κ3) is 4.97. The van der Waals surface area contributed by atoms with Gasteiger partial charge in [0.1, 0.15) is 11.6 Å². The molecule has 0 amide bonds. The van der Waals surface area contributed by atoms with E-state index in [2.05, 4.69) is 15.5 Å². The number of anilines is 1. The van der Waals surface area contributed by atoms with Gasteiger partial charge in [0.05, 0.1) is 17.4 Å². The van der Waals surface area contributed by atoms with E-state index in [-0.39, 0.29) is 11.9 Å². The molecule has 1 aromatic heterocycles. The van der Waals surface area contributed by atoms with Crippen LogP contribution < -0.4 is 10.2 Å². The van der Waals surface area contributed by atoms with Gasteiger partial charge in [-0.25, -0.2) is 4.98 Å². The van der Waals surface area contributed by atoms with Gasteiger partial charge in [-0.05, 0) is 62.7 Å². The Bertz CT molecular complexity index is 693. The summed E-state index contributed by atoms with van der Waals surface area (Å²) in [5.74, 6) is 1.00. The number of pyridine rings is 1. The van der Waals surface area contributed by atoms with Gasteiger partial charge in [-0.1, -0.05) is 0 Å². The van der Waals surface area contributed by atoms with Crippen LogP contribution in [-0.2, 0) is 6.18 Å². The molecule has 2 aromatic rings. The van der Waals surface area contributed by atoms with E-state index >= 15 is 0 Å². The van der Waals surface area contributed by atoms with Crippen LogP contribution in [0.3, 0.4) is 0 Å². The van der Waals surface area contributed by atoms with Crippen LogP contribution in [0.5, 0.6) is 5.75 Å². The molecule has 1 N–H and O–H groups in total. The van der Waals surface area contributed by atoms with E-state index in [0.29, 0.717) is 5.71 Å². The molecule has 4 nitrogen and oxygen atoms in total. The van der Waals surface area contributed by atoms with Gasteiger partial charge in [-0.15, -0.1) is 0 Å². The molecule has 1 aromatic carbocycles. The van der Waals surface area contributed by atoms with Crippen molar-refractivity contribution in [3.05, 3.63) is 53.7 Å². The van der Waals surface area contributed by atoms with Crippen LogP contribution in [0.2, 0.25) is 0 Å². The molecule has 0 saturated heterocycles. The topological polar surface area (TPSA) is 46.5 Å². The fraction of sp³-hybridized carbons (Fsp3) is 0.294. The second kappa shape index (κ2) is 7.33. The number of nitrogens with zero attached hydrogens (tertiary/aromatic N) is 2. The molecule has 0 fully saturated rings. The minimum atomic E-state index is -4.40. The maximum absolute atomic E-state index is 12.5. The molecule has 0 radical (unpaired) electrons. The largest absolute Gasteiger partial charge is 0.491 e. The van der Waals surface area contributed by atoms with Gasteiger partial charge in [0, 0.05) is 6.20 Å². The summed E-state index contributed by atoms with van der Waals surface area (Å²) in [5, 5.41) is 4.13. The molecule has 0 spiro atoms. The van der Waals surface area contributed by atoms with Crippen LogP contribution >= 0.6 is 0 Å². The van der Waals surface area contributed by atoms with E-state index in [1.54, 1.807) is 6.92 Å². The molecule has 0 aliphatic carbocycles. The zero-order chi connectivity index (χ0) is 17.7. The van der Waals surface area contributed by atoms with Crippen molar-refractivity contribution < 1.29 is 17.9 Å². The Hall–Kier alpha value is -2.57. The standard InChI is InChI=1S/C17H18F3N3O/c1-11(2)24-15-7-4-13(5-8-15)12(3)22-23-16-9-6-14(10-21-16)17(18,19)20/h4-11H,1-3H3,(H,21,23)/b22-12-. The minimum absolute atomic E-state index is 0.0954. The molecule has 0 bridgehead atoms. The van der Waals surface area contributed by atoms with E-state index in [1.165, 1.54) is 6.07 Å². The Kier molecular flexibility index (Phi) is 5.43. The first kappa shape index (κ1) is 17.8. The average molecular weight is 337 g/mol. The summed E-state index contributed by atoms with van der Waals surface area (Å²) in [6, 6.07) is 9.59. The SMILES string of the molecule is C/C(=N/Nc1ccc(C(F)(F)F)cn1)c1ccc(OC(C)C)cc1. The molecule has 7 heteroatoms. The van der Waals surface area contributed by atoms with Crippen molar-refractivity contribution in [1.82, 2.24) is 4.98 Å². The molecule has 128 valence electrons. The number of nitrogens with one attached hydrogen (secondary N) is 1. The molecule has 2 rings (SSSR count). The Balaban J connectivity index is 2.03. The van der Waals surface area contributed by atoms with E-state index in [9.17, 15) is 13.2 Å². The number of hydrazone groups is 1. The van der Waals surface area contributed by atoms with E-state index in [1.807, 2.05) is 38.1 Å². The van der Waals surface area contributed by atoms with E-state index < -0.39 is 11.7 Å². The zero-order valence-electron chi connectivity index (χ0n) is 13.6.